The first-order valence-corrected chi connectivity index (χ1v) is 8.42. The van der Waals surface area contributed by atoms with Crippen LogP contribution in [-0.4, -0.2) is 45.9 Å². The molecule has 0 unspecified atom stereocenters. The highest BCUT2D eigenvalue weighted by atomic mass is 32.2. The monoisotopic (exact) mass is 423 g/mol. The van der Waals surface area contributed by atoms with Crippen LogP contribution >= 0.6 is 11.8 Å². The lowest BCUT2D eigenvalue weighted by molar-refractivity contribution is -0.275. The van der Waals surface area contributed by atoms with E-state index in [4.69, 9.17) is 0 Å². The Morgan fingerprint density at radius 3 is 2.79 bits per heavy atom. The zero-order valence-electron chi connectivity index (χ0n) is 14.1. The van der Waals surface area contributed by atoms with E-state index in [1.54, 1.807) is 0 Å². The van der Waals surface area contributed by atoms with Crippen LogP contribution < -0.4 is 15.4 Å². The minimum Gasteiger partial charge on any atom is -0.409 e. The van der Waals surface area contributed by atoms with Crippen molar-refractivity contribution in [2.75, 3.05) is 17.6 Å². The van der Waals surface area contributed by atoms with Gasteiger partial charge in [-0.1, -0.05) is 16.9 Å². The maximum Gasteiger partial charge on any atom is 0.573 e. The molecule has 0 aliphatic rings. The maximum atomic E-state index is 13.5. The van der Waals surface area contributed by atoms with E-state index in [1.807, 2.05) is 0 Å². The molecule has 0 atom stereocenters. The molecule has 0 fully saturated rings. The number of rotatable bonds is 7. The Balaban J connectivity index is 2.12. The number of carbonyl (C=O) groups excluding carboxylic acids is 1. The number of thioether (sulfide) groups is 1. The minimum absolute atomic E-state index is 0.0436. The third-order valence-electron chi connectivity index (χ3n) is 2.92. The number of nitrogens with one attached hydrogen (secondary N) is 2. The predicted octanol–water partition coefficient (Wildman–Crippen LogP) is 2.58. The Kier molecular flexibility index (Phi) is 7.03. The normalized spacial score (nSPS) is 12.0. The van der Waals surface area contributed by atoms with E-state index in [-0.39, 0.29) is 28.2 Å². The van der Waals surface area contributed by atoms with Gasteiger partial charge in [0, 0.05) is 31.0 Å². The first kappa shape index (κ1) is 21.3. The molecular formula is C14H13F4N5O4S. The molecule has 14 heteroatoms. The third kappa shape index (κ3) is 6.29. The van der Waals surface area contributed by atoms with Gasteiger partial charge < -0.3 is 20.6 Å². The SMILES string of the molecule is CC(=O)NCCSc1nonc1/C(=N\O)Nc1ccc(F)c(OC(F)(F)F)c1. The number of nitrogens with zero attached hydrogens (tertiary/aromatic N) is 3. The highest BCUT2D eigenvalue weighted by molar-refractivity contribution is 7.99. The van der Waals surface area contributed by atoms with Crippen LogP contribution in [0.1, 0.15) is 12.6 Å². The van der Waals surface area contributed by atoms with Crippen molar-refractivity contribution < 1.29 is 36.9 Å². The molecule has 1 aromatic carbocycles. The van der Waals surface area contributed by atoms with Gasteiger partial charge in [0.15, 0.2) is 22.3 Å². The van der Waals surface area contributed by atoms with Crippen LogP contribution in [-0.2, 0) is 4.79 Å². The summed E-state index contributed by atoms with van der Waals surface area (Å²) >= 11 is 1.12. The Morgan fingerprint density at radius 1 is 1.39 bits per heavy atom. The molecule has 1 amide bonds. The van der Waals surface area contributed by atoms with Gasteiger partial charge in [-0.05, 0) is 22.4 Å². The van der Waals surface area contributed by atoms with E-state index in [0.717, 1.165) is 30.0 Å². The number of amides is 1. The minimum atomic E-state index is -5.08. The van der Waals surface area contributed by atoms with Crippen LogP contribution in [0.25, 0.3) is 0 Å². The van der Waals surface area contributed by atoms with Gasteiger partial charge in [-0.25, -0.2) is 9.02 Å². The number of amidine groups is 1. The smallest absolute Gasteiger partial charge is 0.409 e. The highest BCUT2D eigenvalue weighted by Gasteiger charge is 2.32. The van der Waals surface area contributed by atoms with Crippen LogP contribution in [0, 0.1) is 5.82 Å². The number of hydrogen-bond donors (Lipinski definition) is 3. The van der Waals surface area contributed by atoms with Crippen molar-refractivity contribution in [2.45, 2.75) is 18.3 Å². The summed E-state index contributed by atoms with van der Waals surface area (Å²) in [5, 5.41) is 24.6. The second-order valence-electron chi connectivity index (χ2n) is 5.02. The molecule has 0 radical (unpaired) electrons. The number of aromatic nitrogens is 2. The van der Waals surface area contributed by atoms with Gasteiger partial charge in [-0.2, -0.15) is 0 Å². The summed E-state index contributed by atoms with van der Waals surface area (Å²) in [7, 11) is 0. The van der Waals surface area contributed by atoms with Crippen LogP contribution in [0.5, 0.6) is 5.75 Å². The molecule has 0 spiro atoms. The molecule has 2 rings (SSSR count). The standard InChI is InChI=1S/C14H13F4N5O4S/c1-7(24)19-4-5-28-13-11(22-27-23-13)12(21-25)20-8-2-3-9(15)10(6-8)26-14(16,17)18/h2-3,6,25H,4-5H2,1H3,(H,19,24)(H,20,21). The molecule has 28 heavy (non-hydrogen) atoms. The quantitative estimate of drug-likeness (QED) is 0.118. The summed E-state index contributed by atoms with van der Waals surface area (Å²) in [5.74, 6) is -2.44. The molecule has 0 aliphatic carbocycles. The fourth-order valence-corrected chi connectivity index (χ4v) is 2.60. The Bertz CT molecular complexity index is 858. The van der Waals surface area contributed by atoms with Gasteiger partial charge >= 0.3 is 6.36 Å². The lowest BCUT2D eigenvalue weighted by atomic mass is 10.2. The van der Waals surface area contributed by atoms with Gasteiger partial charge in [0.25, 0.3) is 0 Å². The van der Waals surface area contributed by atoms with Crippen LogP contribution in [0.15, 0.2) is 33.0 Å². The number of hydrogen-bond acceptors (Lipinski definition) is 8. The van der Waals surface area contributed by atoms with Crippen molar-refractivity contribution in [3.8, 4) is 5.75 Å². The van der Waals surface area contributed by atoms with E-state index in [1.165, 1.54) is 6.92 Å². The Morgan fingerprint density at radius 2 is 2.14 bits per heavy atom. The van der Waals surface area contributed by atoms with E-state index < -0.39 is 17.9 Å². The van der Waals surface area contributed by atoms with Gasteiger partial charge in [-0.15, -0.1) is 13.2 Å². The topological polar surface area (TPSA) is 122 Å². The lowest BCUT2D eigenvalue weighted by Gasteiger charge is -2.12. The summed E-state index contributed by atoms with van der Waals surface area (Å²) in [4.78, 5) is 10.8. The van der Waals surface area contributed by atoms with E-state index in [9.17, 15) is 27.6 Å². The second-order valence-corrected chi connectivity index (χ2v) is 6.10. The van der Waals surface area contributed by atoms with E-state index >= 15 is 0 Å². The number of alkyl halides is 3. The fourth-order valence-electron chi connectivity index (χ4n) is 1.85. The van der Waals surface area contributed by atoms with Crippen molar-refractivity contribution in [2.24, 2.45) is 5.16 Å². The summed E-state index contributed by atoms with van der Waals surface area (Å²) in [6.45, 7) is 1.68. The van der Waals surface area contributed by atoms with Crippen LogP contribution in [0.4, 0.5) is 23.2 Å². The second kappa shape index (κ2) is 9.25. The number of benzene rings is 1. The average molecular weight is 423 g/mol. The molecule has 3 N–H and O–H groups in total. The third-order valence-corrected chi connectivity index (χ3v) is 3.87. The number of halogens is 4. The van der Waals surface area contributed by atoms with Crippen molar-refractivity contribution in [1.29, 1.82) is 0 Å². The average Bonchev–Trinajstić information content (AvgIpc) is 3.06. The number of ether oxygens (including phenoxy) is 1. The number of carbonyl (C=O) groups is 1. The van der Waals surface area contributed by atoms with Crippen molar-refractivity contribution >= 4 is 29.2 Å². The molecular weight excluding hydrogens is 410 g/mol. The summed E-state index contributed by atoms with van der Waals surface area (Å²) < 4.78 is 58.6. The Hall–Kier alpha value is -3.03. The predicted molar refractivity (Wildman–Crippen MR) is 88.7 cm³/mol. The summed E-state index contributed by atoms with van der Waals surface area (Å²) in [6.07, 6.45) is -5.08. The van der Waals surface area contributed by atoms with E-state index in [0.29, 0.717) is 12.3 Å². The van der Waals surface area contributed by atoms with Crippen molar-refractivity contribution in [1.82, 2.24) is 15.6 Å². The summed E-state index contributed by atoms with van der Waals surface area (Å²) in [6, 6.07) is 2.56. The molecule has 0 saturated heterocycles. The zero-order chi connectivity index (χ0) is 20.7. The van der Waals surface area contributed by atoms with Gasteiger partial charge in [0.2, 0.25) is 11.7 Å². The first-order chi connectivity index (χ1) is 13.2. The van der Waals surface area contributed by atoms with Gasteiger partial charge in [0.05, 0.1) is 0 Å². The molecule has 2 aromatic rings. The van der Waals surface area contributed by atoms with Crippen LogP contribution in [0.2, 0.25) is 0 Å². The molecule has 1 aromatic heterocycles. The van der Waals surface area contributed by atoms with Gasteiger partial charge in [-0.3, -0.25) is 4.79 Å². The molecule has 0 aliphatic heterocycles. The largest absolute Gasteiger partial charge is 0.573 e. The molecule has 0 saturated carbocycles. The van der Waals surface area contributed by atoms with Crippen molar-refractivity contribution in [3.63, 3.8) is 0 Å². The molecule has 0 bridgehead atoms. The molecule has 1 heterocycles. The van der Waals surface area contributed by atoms with E-state index in [2.05, 4.69) is 35.5 Å². The van der Waals surface area contributed by atoms with Crippen molar-refractivity contribution in [3.05, 3.63) is 29.7 Å². The highest BCUT2D eigenvalue weighted by Crippen LogP contribution is 2.29. The molecule has 152 valence electrons. The maximum absolute atomic E-state index is 13.5. The fraction of sp³-hybridized carbons (Fsp3) is 0.286. The van der Waals surface area contributed by atoms with Crippen LogP contribution in [0.3, 0.4) is 0 Å². The number of oxime groups is 1. The Labute approximate surface area is 159 Å². The van der Waals surface area contributed by atoms with Gasteiger partial charge in [0.1, 0.15) is 0 Å². The first-order valence-electron chi connectivity index (χ1n) is 7.44. The number of anilines is 1. The zero-order valence-corrected chi connectivity index (χ0v) is 14.9. The molecule has 9 nitrogen and oxygen atoms in total. The summed E-state index contributed by atoms with van der Waals surface area (Å²) in [5.41, 5.74) is -0.122. The lowest BCUT2D eigenvalue weighted by Crippen LogP contribution is -2.22.